The minimum absolute atomic E-state index is 0.143. The van der Waals surface area contributed by atoms with Crippen LogP contribution in [0.1, 0.15) is 5.82 Å². The van der Waals surface area contributed by atoms with Gasteiger partial charge in [-0.05, 0) is 6.92 Å². The van der Waals surface area contributed by atoms with Gasteiger partial charge in [0.05, 0.1) is 12.8 Å². The normalized spacial score (nSPS) is 15.4. The highest BCUT2D eigenvalue weighted by Gasteiger charge is 2.25. The molecule has 0 aliphatic carbocycles. The molecule has 146 valence electrons. The van der Waals surface area contributed by atoms with Crippen molar-refractivity contribution in [1.82, 2.24) is 28.7 Å². The molecule has 1 aliphatic heterocycles. The van der Waals surface area contributed by atoms with Gasteiger partial charge in [-0.2, -0.15) is 4.31 Å². The van der Waals surface area contributed by atoms with Crippen LogP contribution >= 0.6 is 0 Å². The molecular weight excluding hydrogens is 370 g/mol. The third-order valence-corrected chi connectivity index (χ3v) is 5.72. The highest BCUT2D eigenvalue weighted by Crippen LogP contribution is 2.17. The molecule has 0 aromatic carbocycles. The number of carbonyl (C=O) groups is 1. The van der Waals surface area contributed by atoms with Gasteiger partial charge >= 0.3 is 0 Å². The Kier molecular flexibility index (Phi) is 5.42. The van der Waals surface area contributed by atoms with Crippen molar-refractivity contribution in [3.05, 3.63) is 30.6 Å². The molecule has 0 radical (unpaired) electrons. The first-order chi connectivity index (χ1) is 12.7. The first-order valence-electron chi connectivity index (χ1n) is 8.52. The Morgan fingerprint density at radius 3 is 2.44 bits per heavy atom. The Balaban J connectivity index is 1.65. The van der Waals surface area contributed by atoms with Gasteiger partial charge in [-0.1, -0.05) is 0 Å². The number of aryl methyl sites for hydroxylation is 1. The van der Waals surface area contributed by atoms with Crippen molar-refractivity contribution in [1.29, 1.82) is 0 Å². The number of anilines is 1. The monoisotopic (exact) mass is 393 g/mol. The topological polar surface area (TPSA) is 105 Å². The average molecular weight is 393 g/mol. The number of hydrogen-bond acceptors (Lipinski definition) is 7. The molecular formula is C16H23N7O3S. The minimum Gasteiger partial charge on any atom is -0.353 e. The average Bonchev–Trinajstić information content (AvgIpc) is 3.15. The Labute approximate surface area is 158 Å². The predicted octanol–water partition coefficient (Wildman–Crippen LogP) is -0.489. The summed E-state index contributed by atoms with van der Waals surface area (Å²) >= 11 is 0. The van der Waals surface area contributed by atoms with Crippen LogP contribution < -0.4 is 4.90 Å². The van der Waals surface area contributed by atoms with E-state index in [-0.39, 0.29) is 12.5 Å². The van der Waals surface area contributed by atoms with Gasteiger partial charge in [0.25, 0.3) is 0 Å². The van der Waals surface area contributed by atoms with Crippen molar-refractivity contribution in [2.75, 3.05) is 50.9 Å². The van der Waals surface area contributed by atoms with Crippen LogP contribution in [0.3, 0.4) is 0 Å². The highest BCUT2D eigenvalue weighted by molar-refractivity contribution is 7.88. The molecule has 27 heavy (non-hydrogen) atoms. The van der Waals surface area contributed by atoms with Crippen molar-refractivity contribution in [2.24, 2.45) is 0 Å². The molecule has 0 bridgehead atoms. The molecule has 3 heterocycles. The second kappa shape index (κ2) is 7.61. The van der Waals surface area contributed by atoms with Crippen molar-refractivity contribution >= 4 is 21.7 Å². The predicted molar refractivity (Wildman–Crippen MR) is 100 cm³/mol. The number of rotatable bonds is 5. The second-order valence-electron chi connectivity index (χ2n) is 6.49. The fraction of sp³-hybridized carbons (Fsp3) is 0.500. The maximum absolute atomic E-state index is 12.3. The number of nitrogens with zero attached hydrogens (tertiary/aromatic N) is 7. The van der Waals surface area contributed by atoms with Crippen LogP contribution in [0.4, 0.5) is 5.82 Å². The van der Waals surface area contributed by atoms with Gasteiger partial charge in [0.15, 0.2) is 0 Å². The summed E-state index contributed by atoms with van der Waals surface area (Å²) < 4.78 is 25.8. The molecule has 0 saturated carbocycles. The summed E-state index contributed by atoms with van der Waals surface area (Å²) in [7, 11) is -1.96. The Morgan fingerprint density at radius 2 is 1.85 bits per heavy atom. The van der Waals surface area contributed by atoms with Crippen molar-refractivity contribution in [3.63, 3.8) is 0 Å². The number of hydrogen-bond donors (Lipinski definition) is 0. The molecule has 0 unspecified atom stereocenters. The molecule has 1 saturated heterocycles. The van der Waals surface area contributed by atoms with Crippen molar-refractivity contribution in [2.45, 2.75) is 6.92 Å². The summed E-state index contributed by atoms with van der Waals surface area (Å²) in [6, 6.07) is 1.89. The van der Waals surface area contributed by atoms with Gasteiger partial charge in [-0.3, -0.25) is 9.36 Å². The van der Waals surface area contributed by atoms with E-state index in [0.29, 0.717) is 32.0 Å². The third-order valence-electron chi connectivity index (χ3n) is 4.46. The molecule has 10 nitrogen and oxygen atoms in total. The van der Waals surface area contributed by atoms with Gasteiger partial charge in [-0.15, -0.1) is 0 Å². The van der Waals surface area contributed by atoms with Crippen molar-refractivity contribution < 1.29 is 13.2 Å². The van der Waals surface area contributed by atoms with Crippen LogP contribution in [0.5, 0.6) is 0 Å². The number of carbonyl (C=O) groups excluding carboxylic acids is 1. The van der Waals surface area contributed by atoms with Gasteiger partial charge < -0.3 is 9.80 Å². The van der Waals surface area contributed by atoms with E-state index >= 15 is 0 Å². The standard InChI is InChI=1S/C16H23N7O3S/c1-13-18-14(10-15(19-13)23-5-4-17-12-23)21-6-8-22(9-7-21)16(24)11-20(2)27(3,25)26/h4-5,10,12H,6-9,11H2,1-3H3. The van der Waals surface area contributed by atoms with E-state index in [1.54, 1.807) is 17.4 Å². The smallest absolute Gasteiger partial charge is 0.238 e. The van der Waals surface area contributed by atoms with Gasteiger partial charge in [-0.25, -0.2) is 23.4 Å². The number of amides is 1. The summed E-state index contributed by atoms with van der Waals surface area (Å²) in [5.41, 5.74) is 0. The quantitative estimate of drug-likeness (QED) is 0.675. The zero-order chi connectivity index (χ0) is 19.6. The van der Waals surface area contributed by atoms with Crippen LogP contribution in [0.2, 0.25) is 0 Å². The lowest BCUT2D eigenvalue weighted by Crippen LogP contribution is -2.51. The third kappa shape index (κ3) is 4.61. The van der Waals surface area contributed by atoms with E-state index in [1.165, 1.54) is 7.05 Å². The molecule has 1 amide bonds. The van der Waals surface area contributed by atoms with Gasteiger partial charge in [0, 0.05) is 51.7 Å². The largest absolute Gasteiger partial charge is 0.353 e. The first kappa shape index (κ1) is 19.2. The fourth-order valence-electron chi connectivity index (χ4n) is 2.82. The number of sulfonamides is 1. The van der Waals surface area contributed by atoms with Crippen LogP contribution in [0.25, 0.3) is 5.82 Å². The van der Waals surface area contributed by atoms with E-state index in [2.05, 4.69) is 19.9 Å². The van der Waals surface area contributed by atoms with Crippen molar-refractivity contribution in [3.8, 4) is 5.82 Å². The minimum atomic E-state index is -3.37. The summed E-state index contributed by atoms with van der Waals surface area (Å²) in [5, 5.41) is 0. The molecule has 0 atom stereocenters. The number of imidazole rings is 1. The van der Waals surface area contributed by atoms with E-state index in [0.717, 1.165) is 22.2 Å². The molecule has 0 N–H and O–H groups in total. The van der Waals surface area contributed by atoms with Crippen LogP contribution in [-0.4, -0.2) is 89.1 Å². The SMILES string of the molecule is Cc1nc(N2CCN(C(=O)CN(C)S(C)(=O)=O)CC2)cc(-n2ccnc2)n1. The van der Waals surface area contributed by atoms with E-state index in [1.807, 2.05) is 23.8 Å². The maximum atomic E-state index is 12.3. The molecule has 2 aromatic rings. The van der Waals surface area contributed by atoms with Crippen LogP contribution in [-0.2, 0) is 14.8 Å². The van der Waals surface area contributed by atoms with E-state index in [4.69, 9.17) is 0 Å². The van der Waals surface area contributed by atoms with Gasteiger partial charge in [0.2, 0.25) is 15.9 Å². The zero-order valence-electron chi connectivity index (χ0n) is 15.6. The molecule has 2 aromatic heterocycles. The second-order valence-corrected chi connectivity index (χ2v) is 8.58. The lowest BCUT2D eigenvalue weighted by atomic mass is 10.3. The summed E-state index contributed by atoms with van der Waals surface area (Å²) in [5.74, 6) is 2.00. The van der Waals surface area contributed by atoms with Crippen LogP contribution in [0.15, 0.2) is 24.8 Å². The Bertz CT molecular complexity index is 906. The number of aromatic nitrogens is 4. The van der Waals surface area contributed by atoms with Gasteiger partial charge in [0.1, 0.15) is 23.8 Å². The number of piperazine rings is 1. The fourth-order valence-corrected chi connectivity index (χ4v) is 3.16. The molecule has 3 rings (SSSR count). The Morgan fingerprint density at radius 1 is 1.19 bits per heavy atom. The Hall–Kier alpha value is -2.53. The molecule has 0 spiro atoms. The molecule has 1 aliphatic rings. The van der Waals surface area contributed by atoms with E-state index < -0.39 is 10.0 Å². The van der Waals surface area contributed by atoms with Crippen LogP contribution in [0, 0.1) is 6.92 Å². The molecule has 1 fully saturated rings. The highest BCUT2D eigenvalue weighted by atomic mass is 32.2. The summed E-state index contributed by atoms with van der Waals surface area (Å²) in [6.07, 6.45) is 6.28. The summed E-state index contributed by atoms with van der Waals surface area (Å²) in [6.45, 7) is 3.96. The maximum Gasteiger partial charge on any atom is 0.238 e. The summed E-state index contributed by atoms with van der Waals surface area (Å²) in [4.78, 5) is 29.1. The first-order valence-corrected chi connectivity index (χ1v) is 10.4. The van der Waals surface area contributed by atoms with E-state index in [9.17, 15) is 13.2 Å². The zero-order valence-corrected chi connectivity index (χ0v) is 16.4. The lowest BCUT2D eigenvalue weighted by Gasteiger charge is -2.36. The molecule has 11 heteroatoms. The number of likely N-dealkylation sites (N-methyl/N-ethyl adjacent to an activating group) is 1. The lowest BCUT2D eigenvalue weighted by molar-refractivity contribution is -0.131.